The van der Waals surface area contributed by atoms with Crippen LogP contribution < -0.4 is 9.47 Å². The Hall–Kier alpha value is -4.22. The average Bonchev–Trinajstić information content (AvgIpc) is 2.92. The van der Waals surface area contributed by atoms with Crippen molar-refractivity contribution in [2.75, 3.05) is 13.6 Å². The molecular formula is C33H29NO4. The Morgan fingerprint density at radius 3 is 2.05 bits per heavy atom. The monoisotopic (exact) mass is 503 g/mol. The van der Waals surface area contributed by atoms with Crippen LogP contribution in [0.4, 0.5) is 0 Å². The first-order valence-electron chi connectivity index (χ1n) is 12.9. The van der Waals surface area contributed by atoms with Crippen molar-refractivity contribution in [3.63, 3.8) is 0 Å². The molecule has 0 radical (unpaired) electrons. The van der Waals surface area contributed by atoms with Crippen molar-refractivity contribution in [1.29, 1.82) is 0 Å². The molecule has 0 fully saturated rings. The van der Waals surface area contributed by atoms with Crippen molar-refractivity contribution in [3.05, 3.63) is 118 Å². The van der Waals surface area contributed by atoms with Crippen molar-refractivity contribution in [2.45, 2.75) is 32.7 Å². The molecule has 0 unspecified atom stereocenters. The highest BCUT2D eigenvalue weighted by Crippen LogP contribution is 2.51. The summed E-state index contributed by atoms with van der Waals surface area (Å²) in [5.74, 6) is -0.472. The first-order chi connectivity index (χ1) is 18.4. The van der Waals surface area contributed by atoms with Gasteiger partial charge in [0.2, 0.25) is 0 Å². The molecular weight excluding hydrogens is 474 g/mol. The fraction of sp³-hybridized carbons (Fsp3) is 0.212. The van der Waals surface area contributed by atoms with E-state index in [4.69, 9.17) is 9.47 Å². The van der Waals surface area contributed by atoms with Crippen molar-refractivity contribution in [2.24, 2.45) is 0 Å². The molecule has 0 saturated heterocycles. The number of benzene rings is 4. The molecule has 1 aliphatic carbocycles. The van der Waals surface area contributed by atoms with E-state index >= 15 is 0 Å². The molecule has 38 heavy (non-hydrogen) atoms. The van der Waals surface area contributed by atoms with Gasteiger partial charge < -0.3 is 9.47 Å². The van der Waals surface area contributed by atoms with Gasteiger partial charge in [0, 0.05) is 18.2 Å². The molecule has 0 amide bonds. The molecule has 0 aromatic heterocycles. The zero-order valence-electron chi connectivity index (χ0n) is 21.8. The lowest BCUT2D eigenvalue weighted by molar-refractivity contribution is 0.0683. The summed E-state index contributed by atoms with van der Waals surface area (Å²) in [5, 5.41) is 0. The summed E-state index contributed by atoms with van der Waals surface area (Å²) in [6.07, 6.45) is 1.75. The van der Waals surface area contributed by atoms with Crippen LogP contribution in [-0.2, 0) is 12.8 Å². The second-order valence-electron chi connectivity index (χ2n) is 10.3. The maximum atomic E-state index is 13.3. The van der Waals surface area contributed by atoms with Gasteiger partial charge in [0.15, 0.2) is 11.5 Å². The minimum atomic E-state index is -0.499. The molecule has 5 nitrogen and oxygen atoms in total. The van der Waals surface area contributed by atoms with E-state index in [9.17, 15) is 9.59 Å². The van der Waals surface area contributed by atoms with E-state index in [1.807, 2.05) is 44.2 Å². The third kappa shape index (κ3) is 4.29. The number of carbonyl (C=O) groups is 2. The summed E-state index contributed by atoms with van der Waals surface area (Å²) in [6, 6.07) is 24.8. The van der Waals surface area contributed by atoms with Crippen LogP contribution in [0.5, 0.6) is 11.5 Å². The average molecular weight is 504 g/mol. The molecule has 190 valence electrons. The van der Waals surface area contributed by atoms with Gasteiger partial charge in [-0.1, -0.05) is 59.7 Å². The maximum Gasteiger partial charge on any atom is 0.343 e. The van der Waals surface area contributed by atoms with Gasteiger partial charge in [-0.2, -0.15) is 0 Å². The molecule has 5 heteroatoms. The molecule has 4 aromatic carbocycles. The number of rotatable bonds is 4. The first-order valence-corrected chi connectivity index (χ1v) is 12.9. The number of fused-ring (bicyclic) bond motifs is 2. The Balaban J connectivity index is 1.48. The highest BCUT2D eigenvalue weighted by atomic mass is 16.6. The zero-order valence-corrected chi connectivity index (χ0v) is 21.8. The molecule has 0 saturated carbocycles. The standard InChI is InChI=1S/C33H29NO4/c1-20-7-11-23(12-8-20)32(35)37-28-16-15-25-19-27-29-22(17-18-34(27)3)5-4-6-26(29)30(25)31(28)38-33(36)24-13-9-21(2)10-14-24/h4-16,27H,17-19H2,1-3H3/t27-/m0/s1. The maximum absolute atomic E-state index is 13.3. The molecule has 1 heterocycles. The molecule has 6 rings (SSSR count). The van der Waals surface area contributed by atoms with Crippen LogP contribution in [-0.4, -0.2) is 30.4 Å². The molecule has 0 bridgehead atoms. The normalized spacial score (nSPS) is 15.8. The Morgan fingerprint density at radius 1 is 0.763 bits per heavy atom. The van der Waals surface area contributed by atoms with Gasteiger partial charge in [0.1, 0.15) is 0 Å². The zero-order chi connectivity index (χ0) is 26.4. The Morgan fingerprint density at radius 2 is 1.39 bits per heavy atom. The number of aryl methyl sites for hydroxylation is 2. The van der Waals surface area contributed by atoms with Gasteiger partial charge in [-0.25, -0.2) is 9.59 Å². The third-order valence-electron chi connectivity index (χ3n) is 7.66. The molecule has 0 spiro atoms. The predicted molar refractivity (Wildman–Crippen MR) is 147 cm³/mol. The summed E-state index contributed by atoms with van der Waals surface area (Å²) < 4.78 is 12.0. The topological polar surface area (TPSA) is 55.8 Å². The number of esters is 2. The summed E-state index contributed by atoms with van der Waals surface area (Å²) in [7, 11) is 2.16. The molecule has 1 atom stereocenters. The minimum Gasteiger partial charge on any atom is -0.419 e. The van der Waals surface area contributed by atoms with Gasteiger partial charge in [0.25, 0.3) is 0 Å². The van der Waals surface area contributed by atoms with Crippen molar-refractivity contribution >= 4 is 11.9 Å². The van der Waals surface area contributed by atoms with Crippen molar-refractivity contribution < 1.29 is 19.1 Å². The Labute approximate surface area is 222 Å². The van der Waals surface area contributed by atoms with Crippen molar-refractivity contribution in [1.82, 2.24) is 4.90 Å². The summed E-state index contributed by atoms with van der Waals surface area (Å²) in [6.45, 7) is 4.93. The van der Waals surface area contributed by atoms with E-state index in [0.29, 0.717) is 11.1 Å². The summed E-state index contributed by atoms with van der Waals surface area (Å²) >= 11 is 0. The van der Waals surface area contributed by atoms with Gasteiger partial charge in [-0.3, -0.25) is 4.90 Å². The summed E-state index contributed by atoms with van der Waals surface area (Å²) in [4.78, 5) is 28.9. The SMILES string of the molecule is Cc1ccc(C(=O)Oc2ccc3c(c2OC(=O)c2ccc(C)cc2)-c2cccc4c2[C@H](C3)N(C)CC4)cc1. The van der Waals surface area contributed by atoms with Crippen LogP contribution in [0.25, 0.3) is 11.1 Å². The highest BCUT2D eigenvalue weighted by molar-refractivity contribution is 5.96. The van der Waals surface area contributed by atoms with Gasteiger partial charge in [-0.15, -0.1) is 0 Å². The van der Waals surface area contributed by atoms with E-state index in [-0.39, 0.29) is 17.5 Å². The quantitative estimate of drug-likeness (QED) is 0.235. The number of nitrogens with zero attached hydrogens (tertiary/aromatic N) is 1. The van der Waals surface area contributed by atoms with E-state index in [2.05, 4.69) is 30.1 Å². The first kappa shape index (κ1) is 24.1. The lowest BCUT2D eigenvalue weighted by atomic mass is 9.77. The van der Waals surface area contributed by atoms with Crippen LogP contribution in [0.15, 0.2) is 78.9 Å². The summed E-state index contributed by atoms with van der Waals surface area (Å²) in [5.41, 5.74) is 8.47. The van der Waals surface area contributed by atoms with Crippen LogP contribution in [0, 0.1) is 13.8 Å². The van der Waals surface area contributed by atoms with E-state index < -0.39 is 11.9 Å². The lowest BCUT2D eigenvalue weighted by Gasteiger charge is -2.40. The second-order valence-corrected chi connectivity index (χ2v) is 10.3. The smallest absolute Gasteiger partial charge is 0.343 e. The van der Waals surface area contributed by atoms with Gasteiger partial charge in [0.05, 0.1) is 11.1 Å². The fourth-order valence-corrected chi connectivity index (χ4v) is 5.52. The van der Waals surface area contributed by atoms with Gasteiger partial charge >= 0.3 is 11.9 Å². The fourth-order valence-electron chi connectivity index (χ4n) is 5.52. The Bertz CT molecular complexity index is 1550. The largest absolute Gasteiger partial charge is 0.419 e. The predicted octanol–water partition coefficient (Wildman–Crippen LogP) is 6.49. The van der Waals surface area contributed by atoms with E-state index in [0.717, 1.165) is 47.2 Å². The van der Waals surface area contributed by atoms with Crippen molar-refractivity contribution in [3.8, 4) is 22.6 Å². The minimum absolute atomic E-state index is 0.231. The van der Waals surface area contributed by atoms with E-state index in [1.54, 1.807) is 30.3 Å². The third-order valence-corrected chi connectivity index (χ3v) is 7.66. The van der Waals surface area contributed by atoms with Crippen LogP contribution in [0.3, 0.4) is 0 Å². The lowest BCUT2D eigenvalue weighted by Crippen LogP contribution is -2.35. The van der Waals surface area contributed by atoms with Crippen LogP contribution >= 0.6 is 0 Å². The van der Waals surface area contributed by atoms with Crippen LogP contribution in [0.1, 0.15) is 54.6 Å². The Kier molecular flexibility index (Phi) is 6.09. The number of likely N-dealkylation sites (N-methyl/N-ethyl adjacent to an activating group) is 1. The molecule has 0 N–H and O–H groups in total. The van der Waals surface area contributed by atoms with Crippen LogP contribution in [0.2, 0.25) is 0 Å². The number of ether oxygens (including phenoxy) is 2. The second kappa shape index (κ2) is 9.58. The van der Waals surface area contributed by atoms with E-state index in [1.165, 1.54) is 11.1 Å². The molecule has 4 aromatic rings. The molecule has 1 aliphatic heterocycles. The number of hydrogen-bond donors (Lipinski definition) is 0. The van der Waals surface area contributed by atoms with Gasteiger partial charge in [-0.05, 0) is 86.3 Å². The molecule has 2 aliphatic rings. The number of carbonyl (C=O) groups excluding carboxylic acids is 2. The number of hydrogen-bond acceptors (Lipinski definition) is 5. The highest BCUT2D eigenvalue weighted by Gasteiger charge is 2.35.